The van der Waals surface area contributed by atoms with Crippen molar-refractivity contribution in [3.8, 4) is 11.5 Å². The van der Waals surface area contributed by atoms with Crippen LogP contribution in [0.4, 0.5) is 5.69 Å². The van der Waals surface area contributed by atoms with Crippen molar-refractivity contribution < 1.29 is 23.9 Å². The van der Waals surface area contributed by atoms with Crippen LogP contribution in [0.1, 0.15) is 22.3 Å². The van der Waals surface area contributed by atoms with E-state index in [9.17, 15) is 0 Å². The lowest BCUT2D eigenvalue weighted by molar-refractivity contribution is -0.130. The fraction of sp³-hybridized carbons (Fsp3) is 0.125. The molecule has 222 valence electrons. The van der Waals surface area contributed by atoms with E-state index in [2.05, 4.69) is 0 Å². The Labute approximate surface area is 265 Å². The molecule has 0 aromatic heterocycles. The average Bonchev–Trinajstić information content (AvgIpc) is 3.82. The maximum atomic E-state index is 15.9. The molecular weight excluding hydrogens is 574 g/mol. The first kappa shape index (κ1) is 26.6. The first-order chi connectivity index (χ1) is 22.6. The SMILES string of the molecule is O=C1[C@@H]2[C@@H](C(=O)N1c1ccc3c(c1)OCO3)[C@@]1(c3ccccc3)C(=O)[C@@]2(c2ccccc2)C(c2ccccc2)=C1c1ccccc1. The largest absolute Gasteiger partial charge is 0.454 e. The molecule has 2 heterocycles. The van der Waals surface area contributed by atoms with Crippen molar-refractivity contribution in [1.82, 2.24) is 0 Å². The van der Waals surface area contributed by atoms with Gasteiger partial charge in [0.2, 0.25) is 18.6 Å². The summed E-state index contributed by atoms with van der Waals surface area (Å²) in [6, 6.07) is 43.9. The molecule has 5 aromatic carbocycles. The zero-order valence-corrected chi connectivity index (χ0v) is 24.6. The number of fused-ring (bicyclic) bond motifs is 6. The second-order valence-corrected chi connectivity index (χ2v) is 12.2. The summed E-state index contributed by atoms with van der Waals surface area (Å²) in [7, 11) is 0. The van der Waals surface area contributed by atoms with Gasteiger partial charge in [0, 0.05) is 6.07 Å². The molecule has 0 N–H and O–H groups in total. The molecule has 2 fully saturated rings. The van der Waals surface area contributed by atoms with Crippen LogP contribution in [0.3, 0.4) is 0 Å². The van der Waals surface area contributed by atoms with Gasteiger partial charge in [0.05, 0.1) is 28.4 Å². The number of benzene rings is 5. The number of carbonyl (C=O) groups is 3. The van der Waals surface area contributed by atoms with E-state index in [4.69, 9.17) is 9.47 Å². The standard InChI is InChI=1S/C40H27NO5/c42-36-34-35(37(43)41(36)29-21-22-30-31(23-29)46-24-45-30)40(28-19-11-4-12-20-28)33(26-15-7-2-8-16-26)32(25-13-5-1-6-14-25)39(34,38(40)44)27-17-9-3-10-18-27/h1-23,34-35H,24H2/t34-,35-,39-,40-/m0/s1. The van der Waals surface area contributed by atoms with Crippen molar-refractivity contribution in [1.29, 1.82) is 0 Å². The van der Waals surface area contributed by atoms with Crippen LogP contribution < -0.4 is 14.4 Å². The number of ketones is 1. The van der Waals surface area contributed by atoms with E-state index in [0.29, 0.717) is 28.3 Å². The van der Waals surface area contributed by atoms with Crippen molar-refractivity contribution in [2.45, 2.75) is 10.8 Å². The third-order valence-corrected chi connectivity index (χ3v) is 10.2. The fourth-order valence-corrected chi connectivity index (χ4v) is 8.61. The van der Waals surface area contributed by atoms with Gasteiger partial charge in [-0.15, -0.1) is 0 Å². The Morgan fingerprint density at radius 2 is 0.957 bits per heavy atom. The molecule has 4 aliphatic rings. The molecule has 1 saturated heterocycles. The van der Waals surface area contributed by atoms with Crippen molar-refractivity contribution >= 4 is 34.4 Å². The predicted octanol–water partition coefficient (Wildman–Crippen LogP) is 6.60. The fourth-order valence-electron chi connectivity index (χ4n) is 8.61. The maximum Gasteiger partial charge on any atom is 0.239 e. The van der Waals surface area contributed by atoms with Gasteiger partial charge in [-0.2, -0.15) is 0 Å². The third-order valence-electron chi connectivity index (χ3n) is 10.2. The Hall–Kier alpha value is -5.75. The molecule has 9 rings (SSSR count). The molecule has 2 amide bonds. The van der Waals surface area contributed by atoms with Crippen molar-refractivity contribution in [3.63, 3.8) is 0 Å². The summed E-state index contributed by atoms with van der Waals surface area (Å²) in [4.78, 5) is 47.3. The Morgan fingerprint density at radius 3 is 1.43 bits per heavy atom. The molecule has 4 atom stereocenters. The number of hydrogen-bond acceptors (Lipinski definition) is 5. The van der Waals surface area contributed by atoms with Gasteiger partial charge in [-0.3, -0.25) is 14.4 Å². The number of nitrogens with zero attached hydrogens (tertiary/aromatic N) is 1. The van der Waals surface area contributed by atoms with Crippen LogP contribution in [0.2, 0.25) is 0 Å². The molecule has 1 saturated carbocycles. The van der Waals surface area contributed by atoms with Crippen LogP contribution in [0, 0.1) is 11.8 Å². The number of rotatable bonds is 5. The smallest absolute Gasteiger partial charge is 0.239 e. The Balaban J connectivity index is 1.42. The zero-order chi connectivity index (χ0) is 31.0. The highest BCUT2D eigenvalue weighted by atomic mass is 16.7. The van der Waals surface area contributed by atoms with Crippen LogP contribution in [0.25, 0.3) is 11.1 Å². The van der Waals surface area contributed by atoms with Crippen LogP contribution in [-0.4, -0.2) is 24.4 Å². The van der Waals surface area contributed by atoms with Crippen molar-refractivity contribution in [3.05, 3.63) is 162 Å². The zero-order valence-electron chi connectivity index (χ0n) is 24.6. The topological polar surface area (TPSA) is 72.9 Å². The van der Waals surface area contributed by atoms with Gasteiger partial charge >= 0.3 is 0 Å². The van der Waals surface area contributed by atoms with Gasteiger partial charge in [-0.25, -0.2) is 4.90 Å². The third kappa shape index (κ3) is 3.18. The molecular formula is C40H27NO5. The number of allylic oxidation sites excluding steroid dienone is 2. The normalized spacial score (nSPS) is 25.8. The van der Waals surface area contributed by atoms with Gasteiger partial charge in [-0.1, -0.05) is 121 Å². The van der Waals surface area contributed by atoms with Gasteiger partial charge in [0.1, 0.15) is 0 Å². The summed E-state index contributed by atoms with van der Waals surface area (Å²) >= 11 is 0. The van der Waals surface area contributed by atoms with Gasteiger partial charge < -0.3 is 9.47 Å². The summed E-state index contributed by atoms with van der Waals surface area (Å²) in [6.07, 6.45) is 0. The highest BCUT2D eigenvalue weighted by molar-refractivity contribution is 6.39. The van der Waals surface area contributed by atoms with E-state index in [1.165, 1.54) is 4.90 Å². The summed E-state index contributed by atoms with van der Waals surface area (Å²) in [5.41, 5.74) is 2.15. The highest BCUT2D eigenvalue weighted by Crippen LogP contribution is 2.74. The molecule has 0 unspecified atom stereocenters. The van der Waals surface area contributed by atoms with Gasteiger partial charge in [0.25, 0.3) is 0 Å². The molecule has 46 heavy (non-hydrogen) atoms. The quantitative estimate of drug-likeness (QED) is 0.212. The molecule has 5 aromatic rings. The Morgan fingerprint density at radius 1 is 0.522 bits per heavy atom. The summed E-state index contributed by atoms with van der Waals surface area (Å²) in [5.74, 6) is -1.88. The van der Waals surface area contributed by atoms with E-state index in [1.54, 1.807) is 18.2 Å². The molecule has 0 spiro atoms. The molecule has 2 aliphatic heterocycles. The van der Waals surface area contributed by atoms with E-state index in [0.717, 1.165) is 22.3 Å². The van der Waals surface area contributed by atoms with E-state index >= 15 is 14.4 Å². The molecule has 6 nitrogen and oxygen atoms in total. The first-order valence-electron chi connectivity index (χ1n) is 15.4. The number of ether oxygens (including phenoxy) is 2. The second-order valence-electron chi connectivity index (χ2n) is 12.2. The Bertz CT molecular complexity index is 1970. The lowest BCUT2D eigenvalue weighted by Crippen LogP contribution is -2.45. The molecule has 0 radical (unpaired) electrons. The molecule has 2 bridgehead atoms. The molecule has 2 aliphatic carbocycles. The lowest BCUT2D eigenvalue weighted by atomic mass is 9.59. The summed E-state index contributed by atoms with van der Waals surface area (Å²) in [6.45, 7) is 0.0689. The summed E-state index contributed by atoms with van der Waals surface area (Å²) in [5, 5.41) is 0. The molecule has 6 heteroatoms. The Kier molecular flexibility index (Phi) is 5.57. The van der Waals surface area contributed by atoms with Gasteiger partial charge in [0.15, 0.2) is 17.3 Å². The van der Waals surface area contributed by atoms with E-state index in [1.807, 2.05) is 121 Å². The maximum absolute atomic E-state index is 15.9. The number of imide groups is 1. The number of anilines is 1. The van der Waals surface area contributed by atoms with E-state index in [-0.39, 0.29) is 12.6 Å². The van der Waals surface area contributed by atoms with Crippen LogP contribution in [0.15, 0.2) is 140 Å². The lowest BCUT2D eigenvalue weighted by Gasteiger charge is -2.39. The highest BCUT2D eigenvalue weighted by Gasteiger charge is 2.82. The van der Waals surface area contributed by atoms with Crippen LogP contribution >= 0.6 is 0 Å². The monoisotopic (exact) mass is 601 g/mol. The van der Waals surface area contributed by atoms with Crippen molar-refractivity contribution in [2.24, 2.45) is 11.8 Å². The average molecular weight is 602 g/mol. The van der Waals surface area contributed by atoms with Crippen LogP contribution in [0.5, 0.6) is 11.5 Å². The van der Waals surface area contributed by atoms with Gasteiger partial charge in [-0.05, 0) is 45.5 Å². The number of carbonyl (C=O) groups excluding carboxylic acids is 3. The van der Waals surface area contributed by atoms with Crippen LogP contribution in [-0.2, 0) is 25.2 Å². The minimum atomic E-state index is -1.44. The summed E-state index contributed by atoms with van der Waals surface area (Å²) < 4.78 is 11.1. The van der Waals surface area contributed by atoms with E-state index < -0.39 is 34.5 Å². The minimum Gasteiger partial charge on any atom is -0.454 e. The first-order valence-corrected chi connectivity index (χ1v) is 15.4. The predicted molar refractivity (Wildman–Crippen MR) is 173 cm³/mol. The van der Waals surface area contributed by atoms with Crippen molar-refractivity contribution in [2.75, 3.05) is 11.7 Å². The number of hydrogen-bond donors (Lipinski definition) is 0. The minimum absolute atomic E-state index is 0.0689. The number of amides is 2. The second kappa shape index (κ2) is 9.62. The number of Topliss-reactive ketones (excluding diaryl/α,β-unsaturated/α-hetero) is 1.